The maximum Gasteiger partial charge on any atom is 0.240 e. The lowest BCUT2D eigenvalue weighted by atomic mass is 10.2. The fourth-order valence-corrected chi connectivity index (χ4v) is 2.58. The lowest BCUT2D eigenvalue weighted by molar-refractivity contribution is 0.563. The quantitative estimate of drug-likeness (QED) is 0.837. The molecule has 18 heavy (non-hydrogen) atoms. The third-order valence-corrected chi connectivity index (χ3v) is 3.74. The van der Waals surface area contributed by atoms with Crippen LogP contribution in [-0.4, -0.2) is 14.5 Å². The Morgan fingerprint density at radius 3 is 2.78 bits per heavy atom. The molecule has 0 radical (unpaired) electrons. The second-order valence-corrected chi connectivity index (χ2v) is 5.40. The van der Waals surface area contributed by atoms with Crippen molar-refractivity contribution in [3.05, 3.63) is 29.6 Å². The minimum Gasteiger partial charge on any atom is -0.207 e. The van der Waals surface area contributed by atoms with Gasteiger partial charge in [0.25, 0.3) is 0 Å². The van der Waals surface area contributed by atoms with Crippen molar-refractivity contribution < 1.29 is 12.8 Å². The standard InChI is InChI=1S/C12H11FN2O2S/c1-3-4-9(2)15-18(16,17)11-5-6-12(13)10(7-11)8-14/h1,5-7,9,15H,4H2,2H3. The minimum atomic E-state index is -3.79. The first-order valence-electron chi connectivity index (χ1n) is 5.06. The number of halogens is 1. The van der Waals surface area contributed by atoms with Gasteiger partial charge < -0.3 is 0 Å². The summed E-state index contributed by atoms with van der Waals surface area (Å²) in [6.07, 6.45) is 5.32. The summed E-state index contributed by atoms with van der Waals surface area (Å²) in [6, 6.07) is 4.18. The molecule has 0 aliphatic carbocycles. The van der Waals surface area contributed by atoms with Gasteiger partial charge in [-0.05, 0) is 25.1 Å². The first-order chi connectivity index (χ1) is 8.40. The van der Waals surface area contributed by atoms with Crippen molar-refractivity contribution in [1.29, 1.82) is 5.26 Å². The zero-order valence-electron chi connectivity index (χ0n) is 9.64. The molecule has 0 saturated heterocycles. The van der Waals surface area contributed by atoms with E-state index in [9.17, 15) is 12.8 Å². The topological polar surface area (TPSA) is 70.0 Å². The highest BCUT2D eigenvalue weighted by Gasteiger charge is 2.18. The molecule has 1 atom stereocenters. The predicted molar refractivity (Wildman–Crippen MR) is 64.3 cm³/mol. The van der Waals surface area contributed by atoms with Gasteiger partial charge in [0.05, 0.1) is 10.5 Å². The summed E-state index contributed by atoms with van der Waals surface area (Å²) in [7, 11) is -3.79. The van der Waals surface area contributed by atoms with Crippen LogP contribution < -0.4 is 4.72 Å². The molecule has 0 amide bonds. The SMILES string of the molecule is C#CCC(C)NS(=O)(=O)c1ccc(F)c(C#N)c1. The molecule has 0 fully saturated rings. The molecule has 6 heteroatoms. The molecule has 1 N–H and O–H groups in total. The van der Waals surface area contributed by atoms with Crippen molar-refractivity contribution in [2.45, 2.75) is 24.3 Å². The van der Waals surface area contributed by atoms with Crippen LogP contribution in [0.25, 0.3) is 0 Å². The van der Waals surface area contributed by atoms with E-state index >= 15 is 0 Å². The molecule has 0 aliphatic heterocycles. The van der Waals surface area contributed by atoms with E-state index in [-0.39, 0.29) is 16.9 Å². The van der Waals surface area contributed by atoms with E-state index in [0.717, 1.165) is 18.2 Å². The number of nitriles is 1. The fraction of sp³-hybridized carbons (Fsp3) is 0.250. The first kappa shape index (κ1) is 14.2. The second-order valence-electron chi connectivity index (χ2n) is 3.68. The Hall–Kier alpha value is -1.89. The molecule has 0 spiro atoms. The van der Waals surface area contributed by atoms with E-state index in [1.54, 1.807) is 13.0 Å². The van der Waals surface area contributed by atoms with Gasteiger partial charge in [0, 0.05) is 12.5 Å². The Morgan fingerprint density at radius 2 is 2.22 bits per heavy atom. The number of sulfonamides is 1. The van der Waals surface area contributed by atoms with Gasteiger partial charge in [-0.1, -0.05) is 0 Å². The molecular weight excluding hydrogens is 255 g/mol. The number of rotatable bonds is 4. The third kappa shape index (κ3) is 3.30. The van der Waals surface area contributed by atoms with Crippen LogP contribution in [-0.2, 0) is 10.0 Å². The number of nitrogens with one attached hydrogen (secondary N) is 1. The fourth-order valence-electron chi connectivity index (χ4n) is 1.31. The van der Waals surface area contributed by atoms with Crippen LogP contribution in [0, 0.1) is 29.5 Å². The minimum absolute atomic E-state index is 0.163. The highest BCUT2D eigenvalue weighted by atomic mass is 32.2. The van der Waals surface area contributed by atoms with Gasteiger partial charge in [0.2, 0.25) is 10.0 Å². The molecule has 0 bridgehead atoms. The summed E-state index contributed by atoms with van der Waals surface area (Å²) in [5.41, 5.74) is -0.317. The number of nitrogens with zero attached hydrogens (tertiary/aromatic N) is 1. The molecule has 1 aromatic rings. The van der Waals surface area contributed by atoms with Crippen LogP contribution in [0.5, 0.6) is 0 Å². The van der Waals surface area contributed by atoms with Crippen molar-refractivity contribution in [2.24, 2.45) is 0 Å². The number of hydrogen-bond donors (Lipinski definition) is 1. The summed E-state index contributed by atoms with van der Waals surface area (Å²) in [6.45, 7) is 1.62. The second kappa shape index (κ2) is 5.63. The van der Waals surface area contributed by atoms with Crippen molar-refractivity contribution in [1.82, 2.24) is 4.72 Å². The van der Waals surface area contributed by atoms with E-state index < -0.39 is 21.9 Å². The monoisotopic (exact) mass is 266 g/mol. The van der Waals surface area contributed by atoms with Crippen LogP contribution >= 0.6 is 0 Å². The molecule has 1 unspecified atom stereocenters. The summed E-state index contributed by atoms with van der Waals surface area (Å²) in [5, 5.41) is 8.64. The highest BCUT2D eigenvalue weighted by Crippen LogP contribution is 2.14. The lowest BCUT2D eigenvalue weighted by Crippen LogP contribution is -2.32. The van der Waals surface area contributed by atoms with Gasteiger partial charge in [-0.2, -0.15) is 5.26 Å². The summed E-state index contributed by atoms with van der Waals surface area (Å²) in [5.74, 6) is 1.58. The van der Waals surface area contributed by atoms with Crippen LogP contribution in [0.4, 0.5) is 4.39 Å². The molecule has 0 aromatic heterocycles. The molecule has 94 valence electrons. The van der Waals surface area contributed by atoms with Gasteiger partial charge in [-0.3, -0.25) is 0 Å². The average molecular weight is 266 g/mol. The predicted octanol–water partition coefficient (Wildman–Crippen LogP) is 1.39. The van der Waals surface area contributed by atoms with Gasteiger partial charge in [0.15, 0.2) is 0 Å². The molecule has 0 aliphatic rings. The smallest absolute Gasteiger partial charge is 0.207 e. The molecule has 1 aromatic carbocycles. The van der Waals surface area contributed by atoms with Gasteiger partial charge >= 0.3 is 0 Å². The third-order valence-electron chi connectivity index (χ3n) is 2.15. The summed E-state index contributed by atoms with van der Waals surface area (Å²) < 4.78 is 39.2. The maximum absolute atomic E-state index is 13.1. The van der Waals surface area contributed by atoms with Crippen LogP contribution in [0.2, 0.25) is 0 Å². The van der Waals surface area contributed by atoms with Gasteiger partial charge in [-0.25, -0.2) is 17.5 Å². The zero-order valence-corrected chi connectivity index (χ0v) is 10.5. The van der Waals surface area contributed by atoms with Crippen molar-refractivity contribution >= 4 is 10.0 Å². The average Bonchev–Trinajstić information content (AvgIpc) is 2.28. The number of hydrogen-bond acceptors (Lipinski definition) is 3. The van der Waals surface area contributed by atoms with Crippen molar-refractivity contribution in [2.75, 3.05) is 0 Å². The van der Waals surface area contributed by atoms with E-state index in [1.807, 2.05) is 0 Å². The molecule has 0 saturated carbocycles. The largest absolute Gasteiger partial charge is 0.240 e. The van der Waals surface area contributed by atoms with Crippen LogP contribution in [0.15, 0.2) is 23.1 Å². The Morgan fingerprint density at radius 1 is 1.56 bits per heavy atom. The maximum atomic E-state index is 13.1. The van der Waals surface area contributed by atoms with Crippen LogP contribution in [0.1, 0.15) is 18.9 Å². The zero-order chi connectivity index (χ0) is 13.8. The van der Waals surface area contributed by atoms with Gasteiger partial charge in [0.1, 0.15) is 11.9 Å². The molecular formula is C12H11FN2O2S. The van der Waals surface area contributed by atoms with Crippen molar-refractivity contribution in [3.63, 3.8) is 0 Å². The Bertz CT molecular complexity index is 626. The van der Waals surface area contributed by atoms with Crippen molar-refractivity contribution in [3.8, 4) is 18.4 Å². The Kier molecular flexibility index (Phi) is 4.43. The number of terminal acetylenes is 1. The first-order valence-corrected chi connectivity index (χ1v) is 6.54. The summed E-state index contributed by atoms with van der Waals surface area (Å²) >= 11 is 0. The van der Waals surface area contributed by atoms with E-state index in [2.05, 4.69) is 10.6 Å². The Labute approximate surface area is 105 Å². The van der Waals surface area contributed by atoms with Crippen LogP contribution in [0.3, 0.4) is 0 Å². The Balaban J connectivity index is 3.07. The van der Waals surface area contributed by atoms with E-state index in [0.29, 0.717) is 0 Å². The van der Waals surface area contributed by atoms with E-state index in [1.165, 1.54) is 0 Å². The normalized spacial score (nSPS) is 12.4. The highest BCUT2D eigenvalue weighted by molar-refractivity contribution is 7.89. The molecule has 4 nitrogen and oxygen atoms in total. The summed E-state index contributed by atoms with van der Waals surface area (Å²) in [4.78, 5) is -0.163. The molecule has 0 heterocycles. The van der Waals surface area contributed by atoms with E-state index in [4.69, 9.17) is 11.7 Å². The molecule has 1 rings (SSSR count). The number of benzene rings is 1. The van der Waals surface area contributed by atoms with Gasteiger partial charge in [-0.15, -0.1) is 12.3 Å². The lowest BCUT2D eigenvalue weighted by Gasteiger charge is -2.11.